The molecule has 4 heteroatoms. The lowest BCUT2D eigenvalue weighted by Crippen LogP contribution is -2.45. The van der Waals surface area contributed by atoms with Gasteiger partial charge in [-0.1, -0.05) is 74.7 Å². The van der Waals surface area contributed by atoms with Gasteiger partial charge in [-0.15, -0.1) is 0 Å². The zero-order chi connectivity index (χ0) is 20.5. The predicted octanol–water partition coefficient (Wildman–Crippen LogP) is 4.94. The molecule has 0 aliphatic rings. The van der Waals surface area contributed by atoms with Crippen LogP contribution in [0.4, 0.5) is 0 Å². The Hall–Kier alpha value is -1.19. The average molecular weight is 368 g/mol. The van der Waals surface area contributed by atoms with Gasteiger partial charge in [0.15, 0.2) is 5.78 Å². The van der Waals surface area contributed by atoms with E-state index in [2.05, 4.69) is 19.2 Å². The SMILES string of the molecule is CC(C)CCCCCC(=O)N[C@H](C(=O)C[C@@H](C)C(=O)C(C)(C)C)C(C)C. The van der Waals surface area contributed by atoms with Crippen LogP contribution in [0, 0.1) is 23.2 Å². The standard InChI is InChI=1S/C22H41NO3/c1-15(2)12-10-9-11-13-19(25)23-20(16(3)4)18(24)14-17(5)21(26)22(6,7)8/h15-17,20H,9-14H2,1-8H3,(H,23,25)/t17-,20+/m1/s1. The van der Waals surface area contributed by atoms with Gasteiger partial charge in [0.2, 0.25) is 5.91 Å². The summed E-state index contributed by atoms with van der Waals surface area (Å²) in [5.74, 6) is 0.380. The first-order valence-corrected chi connectivity index (χ1v) is 10.2. The molecular formula is C22H41NO3. The second kappa shape index (κ2) is 11.5. The first-order valence-electron chi connectivity index (χ1n) is 10.2. The molecule has 0 aliphatic heterocycles. The van der Waals surface area contributed by atoms with E-state index in [1.807, 2.05) is 34.6 Å². The molecule has 0 aromatic carbocycles. The van der Waals surface area contributed by atoms with Crippen LogP contribution in [-0.4, -0.2) is 23.5 Å². The first kappa shape index (κ1) is 24.8. The Kier molecular flexibility index (Phi) is 11.0. The van der Waals surface area contributed by atoms with Crippen molar-refractivity contribution in [2.45, 2.75) is 100.0 Å². The molecule has 1 amide bonds. The van der Waals surface area contributed by atoms with Crippen molar-refractivity contribution in [2.75, 3.05) is 0 Å². The molecule has 0 spiro atoms. The van der Waals surface area contributed by atoms with E-state index in [9.17, 15) is 14.4 Å². The number of amides is 1. The molecule has 2 atom stereocenters. The monoisotopic (exact) mass is 367 g/mol. The van der Waals surface area contributed by atoms with Crippen LogP contribution in [0.5, 0.6) is 0 Å². The number of unbranched alkanes of at least 4 members (excludes halogenated alkanes) is 2. The number of Topliss-reactive ketones (excluding diaryl/α,β-unsaturated/α-hetero) is 2. The fraction of sp³-hybridized carbons (Fsp3) is 0.864. The van der Waals surface area contributed by atoms with Crippen molar-refractivity contribution in [2.24, 2.45) is 23.2 Å². The molecule has 0 saturated carbocycles. The summed E-state index contributed by atoms with van der Waals surface area (Å²) in [6, 6.07) is -0.506. The quantitative estimate of drug-likeness (QED) is 0.497. The highest BCUT2D eigenvalue weighted by Gasteiger charge is 2.31. The fourth-order valence-corrected chi connectivity index (χ4v) is 3.14. The maximum Gasteiger partial charge on any atom is 0.220 e. The lowest BCUT2D eigenvalue weighted by molar-refractivity contribution is -0.134. The summed E-state index contributed by atoms with van der Waals surface area (Å²) >= 11 is 0. The molecule has 0 rings (SSSR count). The van der Waals surface area contributed by atoms with E-state index in [1.165, 1.54) is 6.42 Å². The van der Waals surface area contributed by atoms with E-state index in [0.29, 0.717) is 12.3 Å². The van der Waals surface area contributed by atoms with Crippen LogP contribution < -0.4 is 5.32 Å². The maximum absolute atomic E-state index is 12.6. The van der Waals surface area contributed by atoms with Crippen LogP contribution in [0.2, 0.25) is 0 Å². The minimum Gasteiger partial charge on any atom is -0.346 e. The van der Waals surface area contributed by atoms with E-state index < -0.39 is 11.5 Å². The summed E-state index contributed by atoms with van der Waals surface area (Å²) in [5, 5.41) is 2.90. The van der Waals surface area contributed by atoms with Crippen molar-refractivity contribution in [3.63, 3.8) is 0 Å². The van der Waals surface area contributed by atoms with Crippen LogP contribution in [0.25, 0.3) is 0 Å². The number of carbonyl (C=O) groups excluding carboxylic acids is 3. The van der Waals surface area contributed by atoms with Crippen molar-refractivity contribution in [3.05, 3.63) is 0 Å². The van der Waals surface area contributed by atoms with Crippen LogP contribution in [0.1, 0.15) is 93.9 Å². The van der Waals surface area contributed by atoms with Gasteiger partial charge in [-0.05, 0) is 18.3 Å². The van der Waals surface area contributed by atoms with Gasteiger partial charge in [-0.25, -0.2) is 0 Å². The summed E-state index contributed by atoms with van der Waals surface area (Å²) in [6.45, 7) is 15.7. The lowest BCUT2D eigenvalue weighted by atomic mass is 9.80. The fourth-order valence-electron chi connectivity index (χ4n) is 3.14. The molecular weight excluding hydrogens is 326 g/mol. The molecule has 0 saturated heterocycles. The van der Waals surface area contributed by atoms with Gasteiger partial charge in [-0.2, -0.15) is 0 Å². The van der Waals surface area contributed by atoms with E-state index in [0.717, 1.165) is 19.3 Å². The molecule has 0 bridgehead atoms. The van der Waals surface area contributed by atoms with Crippen LogP contribution in [-0.2, 0) is 14.4 Å². The molecule has 0 unspecified atom stereocenters. The van der Waals surface area contributed by atoms with Crippen molar-refractivity contribution in [3.8, 4) is 0 Å². The average Bonchev–Trinajstić information content (AvgIpc) is 2.49. The Morgan fingerprint density at radius 2 is 1.46 bits per heavy atom. The van der Waals surface area contributed by atoms with Crippen molar-refractivity contribution in [1.82, 2.24) is 5.32 Å². The third-order valence-corrected chi connectivity index (χ3v) is 4.71. The Morgan fingerprint density at radius 3 is 1.92 bits per heavy atom. The second-order valence-electron chi connectivity index (χ2n) is 9.47. The van der Waals surface area contributed by atoms with Crippen LogP contribution in [0.15, 0.2) is 0 Å². The van der Waals surface area contributed by atoms with Crippen LogP contribution in [0.3, 0.4) is 0 Å². The van der Waals surface area contributed by atoms with E-state index in [1.54, 1.807) is 6.92 Å². The Morgan fingerprint density at radius 1 is 0.885 bits per heavy atom. The summed E-state index contributed by atoms with van der Waals surface area (Å²) < 4.78 is 0. The Labute approximate surface area is 160 Å². The number of rotatable bonds is 12. The Balaban J connectivity index is 4.52. The molecule has 26 heavy (non-hydrogen) atoms. The third kappa shape index (κ3) is 10.1. The van der Waals surface area contributed by atoms with E-state index >= 15 is 0 Å². The highest BCUT2D eigenvalue weighted by atomic mass is 16.2. The highest BCUT2D eigenvalue weighted by Crippen LogP contribution is 2.23. The number of hydrogen-bond donors (Lipinski definition) is 1. The largest absolute Gasteiger partial charge is 0.346 e. The summed E-state index contributed by atoms with van der Waals surface area (Å²) in [5.41, 5.74) is -0.452. The molecule has 0 aromatic rings. The first-order chi connectivity index (χ1) is 11.9. The van der Waals surface area contributed by atoms with Gasteiger partial charge in [-0.3, -0.25) is 14.4 Å². The zero-order valence-corrected chi connectivity index (χ0v) is 18.3. The number of ketones is 2. The van der Waals surface area contributed by atoms with Gasteiger partial charge in [0.05, 0.1) is 6.04 Å². The predicted molar refractivity (Wildman–Crippen MR) is 108 cm³/mol. The van der Waals surface area contributed by atoms with E-state index in [4.69, 9.17) is 0 Å². The van der Waals surface area contributed by atoms with Crippen molar-refractivity contribution in [1.29, 1.82) is 0 Å². The second-order valence-corrected chi connectivity index (χ2v) is 9.47. The van der Waals surface area contributed by atoms with Crippen LogP contribution >= 0.6 is 0 Å². The van der Waals surface area contributed by atoms with Gasteiger partial charge >= 0.3 is 0 Å². The van der Waals surface area contributed by atoms with Crippen molar-refractivity contribution < 1.29 is 14.4 Å². The molecule has 0 heterocycles. The summed E-state index contributed by atoms with van der Waals surface area (Å²) in [4.78, 5) is 37.2. The Bertz CT molecular complexity index is 460. The zero-order valence-electron chi connectivity index (χ0n) is 18.3. The number of nitrogens with one attached hydrogen (secondary N) is 1. The maximum atomic E-state index is 12.6. The molecule has 1 N–H and O–H groups in total. The van der Waals surface area contributed by atoms with Gasteiger partial charge in [0.1, 0.15) is 5.78 Å². The highest BCUT2D eigenvalue weighted by molar-refractivity contribution is 5.94. The normalized spacial score (nSPS) is 14.4. The molecule has 0 aromatic heterocycles. The van der Waals surface area contributed by atoms with Gasteiger partial charge in [0, 0.05) is 24.2 Å². The molecule has 0 aliphatic carbocycles. The summed E-state index contributed by atoms with van der Waals surface area (Å²) in [6.07, 6.45) is 4.89. The van der Waals surface area contributed by atoms with Gasteiger partial charge in [0.25, 0.3) is 0 Å². The lowest BCUT2D eigenvalue weighted by Gasteiger charge is -2.25. The molecule has 0 fully saturated rings. The number of hydrogen-bond acceptors (Lipinski definition) is 3. The number of carbonyl (C=O) groups is 3. The third-order valence-electron chi connectivity index (χ3n) is 4.71. The minimum atomic E-state index is -0.506. The molecule has 0 radical (unpaired) electrons. The van der Waals surface area contributed by atoms with Crippen molar-refractivity contribution >= 4 is 17.5 Å². The minimum absolute atomic E-state index is 0.0179. The summed E-state index contributed by atoms with van der Waals surface area (Å²) in [7, 11) is 0. The van der Waals surface area contributed by atoms with Gasteiger partial charge < -0.3 is 5.32 Å². The smallest absolute Gasteiger partial charge is 0.220 e. The topological polar surface area (TPSA) is 63.2 Å². The van der Waals surface area contributed by atoms with E-state index in [-0.39, 0.29) is 35.7 Å². The molecule has 4 nitrogen and oxygen atoms in total. The molecule has 152 valence electrons.